The Bertz CT molecular complexity index is 1310. The largest absolute Gasteiger partial charge is 0.495 e. The molecule has 0 aliphatic heterocycles. The summed E-state index contributed by atoms with van der Waals surface area (Å²) < 4.78 is 31.6. The van der Waals surface area contributed by atoms with Gasteiger partial charge in [0.15, 0.2) is 0 Å². The lowest BCUT2D eigenvalue weighted by Crippen LogP contribution is -2.47. The Morgan fingerprint density at radius 2 is 1.91 bits per heavy atom. The smallest absolute Gasteiger partial charge is 0.271 e. The van der Waals surface area contributed by atoms with Crippen molar-refractivity contribution in [2.24, 2.45) is 0 Å². The highest BCUT2D eigenvalue weighted by Crippen LogP contribution is 2.36. The third-order valence-corrected chi connectivity index (χ3v) is 6.95. The summed E-state index contributed by atoms with van der Waals surface area (Å²) >= 11 is 1.14. The summed E-state index contributed by atoms with van der Waals surface area (Å²) in [6.07, 6.45) is 0.996. The molecule has 1 unspecified atom stereocenters. The van der Waals surface area contributed by atoms with Crippen LogP contribution >= 0.6 is 11.3 Å². The number of hydrogen-bond acceptors (Lipinski definition) is 9. The van der Waals surface area contributed by atoms with Gasteiger partial charge in [-0.3, -0.25) is 24.5 Å². The zero-order chi connectivity index (χ0) is 25.0. The predicted molar refractivity (Wildman–Crippen MR) is 130 cm³/mol. The number of aromatic nitrogens is 2. The predicted octanol–water partition coefficient (Wildman–Crippen LogP) is 3.61. The second-order valence-corrected chi connectivity index (χ2v) is 10.2. The van der Waals surface area contributed by atoms with Crippen molar-refractivity contribution in [2.75, 3.05) is 23.0 Å². The first-order valence-corrected chi connectivity index (χ1v) is 12.7. The molecular formula is C21H23N5O6S2. The number of anilines is 2. The number of benzene rings is 2. The normalized spacial score (nSPS) is 12.1. The van der Waals surface area contributed by atoms with Crippen LogP contribution in [0, 0.1) is 17.0 Å². The first kappa shape index (κ1) is 25.1. The van der Waals surface area contributed by atoms with Gasteiger partial charge in [0, 0.05) is 17.7 Å². The van der Waals surface area contributed by atoms with Crippen LogP contribution in [-0.2, 0) is 14.8 Å². The molecule has 0 fully saturated rings. The summed E-state index contributed by atoms with van der Waals surface area (Å²) in [6.45, 7) is 3.59. The molecule has 1 N–H and O–H groups in total. The summed E-state index contributed by atoms with van der Waals surface area (Å²) in [7, 11) is -2.74. The second kappa shape index (κ2) is 10.1. The van der Waals surface area contributed by atoms with E-state index in [9.17, 15) is 23.3 Å². The molecule has 0 aliphatic carbocycles. The van der Waals surface area contributed by atoms with Crippen LogP contribution in [0.1, 0.15) is 18.9 Å². The zero-order valence-electron chi connectivity index (χ0n) is 18.9. The van der Waals surface area contributed by atoms with Crippen molar-refractivity contribution in [3.8, 4) is 16.3 Å². The molecule has 0 bridgehead atoms. The van der Waals surface area contributed by atoms with E-state index < -0.39 is 26.9 Å². The lowest BCUT2D eigenvalue weighted by molar-refractivity contribution is -0.384. The molecule has 0 radical (unpaired) electrons. The van der Waals surface area contributed by atoms with Crippen LogP contribution in [0.25, 0.3) is 10.6 Å². The number of rotatable bonds is 9. The number of nitrogens with one attached hydrogen (secondary N) is 1. The van der Waals surface area contributed by atoms with Crippen molar-refractivity contribution in [1.29, 1.82) is 0 Å². The van der Waals surface area contributed by atoms with E-state index in [-0.39, 0.29) is 28.7 Å². The summed E-state index contributed by atoms with van der Waals surface area (Å²) in [4.78, 5) is 23.8. The Hall–Kier alpha value is -3.58. The number of nitro groups is 1. The van der Waals surface area contributed by atoms with E-state index in [0.717, 1.165) is 39.1 Å². The number of nitrogens with zero attached hydrogens (tertiary/aromatic N) is 4. The van der Waals surface area contributed by atoms with Crippen LogP contribution in [0.5, 0.6) is 5.75 Å². The molecule has 1 atom stereocenters. The zero-order valence-corrected chi connectivity index (χ0v) is 20.5. The highest BCUT2D eigenvalue weighted by atomic mass is 32.2. The number of amides is 1. The number of ether oxygens (including phenoxy) is 1. The maximum atomic E-state index is 13.2. The Kier molecular flexibility index (Phi) is 7.47. The Labute approximate surface area is 200 Å². The molecule has 1 amide bonds. The summed E-state index contributed by atoms with van der Waals surface area (Å²) in [5.74, 6) is -0.590. The number of non-ortho nitro benzene ring substituents is 1. The van der Waals surface area contributed by atoms with Gasteiger partial charge in [-0.05, 0) is 19.4 Å². The van der Waals surface area contributed by atoms with Gasteiger partial charge in [0.05, 0.1) is 18.3 Å². The molecule has 3 aromatic rings. The van der Waals surface area contributed by atoms with Crippen molar-refractivity contribution < 1.29 is 22.9 Å². The Morgan fingerprint density at radius 1 is 1.24 bits per heavy atom. The number of carbonyl (C=O) groups excluding carboxylic acids is 1. The van der Waals surface area contributed by atoms with Crippen molar-refractivity contribution in [3.05, 3.63) is 58.1 Å². The van der Waals surface area contributed by atoms with E-state index in [1.54, 1.807) is 6.92 Å². The molecule has 0 saturated carbocycles. The van der Waals surface area contributed by atoms with Crippen LogP contribution in [0.2, 0.25) is 0 Å². The minimum Gasteiger partial charge on any atom is -0.495 e. The number of sulfonamides is 1. The molecule has 0 saturated heterocycles. The average molecular weight is 506 g/mol. The van der Waals surface area contributed by atoms with Gasteiger partial charge in [0.25, 0.3) is 5.69 Å². The van der Waals surface area contributed by atoms with E-state index in [1.807, 2.05) is 31.2 Å². The fraction of sp³-hybridized carbons (Fsp3) is 0.286. The summed E-state index contributed by atoms with van der Waals surface area (Å²) in [5.41, 5.74) is 1.46. The molecule has 34 heavy (non-hydrogen) atoms. The van der Waals surface area contributed by atoms with E-state index >= 15 is 0 Å². The van der Waals surface area contributed by atoms with E-state index in [0.29, 0.717) is 5.01 Å². The Morgan fingerprint density at radius 3 is 2.47 bits per heavy atom. The fourth-order valence-electron chi connectivity index (χ4n) is 3.27. The van der Waals surface area contributed by atoms with Crippen molar-refractivity contribution in [1.82, 2.24) is 10.2 Å². The average Bonchev–Trinajstić information content (AvgIpc) is 3.24. The monoisotopic (exact) mass is 505 g/mol. The van der Waals surface area contributed by atoms with Gasteiger partial charge < -0.3 is 4.74 Å². The van der Waals surface area contributed by atoms with Crippen LogP contribution in [0.15, 0.2) is 42.5 Å². The molecule has 11 nitrogen and oxygen atoms in total. The van der Waals surface area contributed by atoms with Gasteiger partial charge in [0.2, 0.25) is 21.1 Å². The van der Waals surface area contributed by atoms with Crippen LogP contribution < -0.4 is 14.4 Å². The number of methoxy groups -OCH3 is 1. The van der Waals surface area contributed by atoms with E-state index in [1.165, 1.54) is 19.2 Å². The maximum absolute atomic E-state index is 13.2. The number of carbonyl (C=O) groups is 1. The van der Waals surface area contributed by atoms with Gasteiger partial charge in [-0.15, -0.1) is 10.2 Å². The molecule has 2 aromatic carbocycles. The highest BCUT2D eigenvalue weighted by molar-refractivity contribution is 7.92. The number of aryl methyl sites for hydroxylation is 1. The van der Waals surface area contributed by atoms with Crippen molar-refractivity contribution >= 4 is 43.8 Å². The van der Waals surface area contributed by atoms with Crippen LogP contribution in [-0.4, -0.2) is 48.9 Å². The van der Waals surface area contributed by atoms with Gasteiger partial charge >= 0.3 is 0 Å². The molecule has 1 heterocycles. The summed E-state index contributed by atoms with van der Waals surface area (Å²) in [5, 5.41) is 22.8. The summed E-state index contributed by atoms with van der Waals surface area (Å²) in [6, 6.07) is 9.95. The fourth-order valence-corrected chi connectivity index (χ4v) is 5.23. The van der Waals surface area contributed by atoms with E-state index in [4.69, 9.17) is 4.74 Å². The first-order chi connectivity index (χ1) is 16.0. The van der Waals surface area contributed by atoms with Crippen molar-refractivity contribution in [3.63, 3.8) is 0 Å². The van der Waals surface area contributed by atoms with Crippen LogP contribution in [0.4, 0.5) is 16.5 Å². The lowest BCUT2D eigenvalue weighted by Gasteiger charge is -2.30. The van der Waals surface area contributed by atoms with Crippen LogP contribution in [0.3, 0.4) is 0 Å². The van der Waals surface area contributed by atoms with Gasteiger partial charge in [0.1, 0.15) is 22.5 Å². The van der Waals surface area contributed by atoms with Gasteiger partial charge in [-0.2, -0.15) is 0 Å². The molecule has 1 aromatic heterocycles. The SMILES string of the molecule is CCC(C(=O)Nc1nnc(-c2ccc(C)cc2)s1)N(c1cc([N+](=O)[O-])ccc1OC)S(C)(=O)=O. The number of hydrogen-bond donors (Lipinski definition) is 1. The Balaban J connectivity index is 1.95. The van der Waals surface area contributed by atoms with E-state index in [2.05, 4.69) is 15.5 Å². The second-order valence-electron chi connectivity index (χ2n) is 7.36. The minimum absolute atomic E-state index is 0.0693. The molecule has 3 rings (SSSR count). The minimum atomic E-state index is -4.05. The third-order valence-electron chi connectivity index (χ3n) is 4.89. The van der Waals surface area contributed by atoms with Crippen molar-refractivity contribution in [2.45, 2.75) is 26.3 Å². The number of nitro benzene ring substituents is 1. The molecule has 13 heteroatoms. The maximum Gasteiger partial charge on any atom is 0.271 e. The highest BCUT2D eigenvalue weighted by Gasteiger charge is 2.35. The molecular weight excluding hydrogens is 482 g/mol. The van der Waals surface area contributed by atoms with Gasteiger partial charge in [-0.1, -0.05) is 48.1 Å². The molecule has 0 aliphatic rings. The molecule has 0 spiro atoms. The quantitative estimate of drug-likeness (QED) is 0.343. The molecule has 180 valence electrons. The standard InChI is InChI=1S/C21H23N5O6S2/c1-5-16(19(27)22-21-24-23-20(33-21)14-8-6-13(2)7-9-14)25(34(4,30)31)17-12-15(26(28)29)10-11-18(17)32-3/h6-12,16H,5H2,1-4H3,(H,22,24,27). The topological polar surface area (TPSA) is 145 Å². The third kappa shape index (κ3) is 5.48. The van der Waals surface area contributed by atoms with Gasteiger partial charge in [-0.25, -0.2) is 8.42 Å². The lowest BCUT2D eigenvalue weighted by atomic mass is 10.1. The first-order valence-electron chi connectivity index (χ1n) is 10.1.